The Balaban J connectivity index is 1.95. The Bertz CT molecular complexity index is 552. The first-order valence-electron chi connectivity index (χ1n) is 8.09. The van der Waals surface area contributed by atoms with Crippen LogP contribution in [-0.4, -0.2) is 62.7 Å². The fraction of sp³-hybridized carbons (Fsp3) is 0.588. The molecule has 2 atom stereocenters. The molecule has 2 N–H and O–H groups in total. The lowest BCUT2D eigenvalue weighted by Crippen LogP contribution is -2.43. The normalized spacial score (nSPS) is 16.0. The minimum Gasteiger partial charge on any atom is -0.490 e. The molecule has 24 heavy (non-hydrogen) atoms. The van der Waals surface area contributed by atoms with Crippen LogP contribution in [0.5, 0.6) is 11.5 Å². The maximum absolute atomic E-state index is 12.2. The summed E-state index contributed by atoms with van der Waals surface area (Å²) in [5.41, 5.74) is 0.929. The average Bonchev–Trinajstić information content (AvgIpc) is 2.79. The van der Waals surface area contributed by atoms with Crippen LogP contribution in [0.3, 0.4) is 0 Å². The number of aliphatic hydroxyl groups is 1. The fourth-order valence-corrected chi connectivity index (χ4v) is 2.47. The van der Waals surface area contributed by atoms with E-state index >= 15 is 0 Å². The number of hydrogen-bond donors (Lipinski definition) is 2. The summed E-state index contributed by atoms with van der Waals surface area (Å²) in [7, 11) is 3.14. The molecule has 1 aromatic rings. The van der Waals surface area contributed by atoms with E-state index in [2.05, 4.69) is 5.32 Å². The van der Waals surface area contributed by atoms with Crippen molar-refractivity contribution in [1.29, 1.82) is 0 Å². The Hall–Kier alpha value is -1.99. The Kier molecular flexibility index (Phi) is 6.69. The zero-order chi connectivity index (χ0) is 17.5. The number of nitrogens with one attached hydrogen (secondary N) is 1. The van der Waals surface area contributed by atoms with E-state index in [0.29, 0.717) is 19.0 Å². The van der Waals surface area contributed by atoms with E-state index in [9.17, 15) is 9.90 Å². The van der Waals surface area contributed by atoms with Gasteiger partial charge in [-0.05, 0) is 24.6 Å². The van der Waals surface area contributed by atoms with Gasteiger partial charge in [-0.25, -0.2) is 4.79 Å². The predicted molar refractivity (Wildman–Crippen MR) is 89.5 cm³/mol. The third-order valence-corrected chi connectivity index (χ3v) is 3.80. The largest absolute Gasteiger partial charge is 0.490 e. The number of carbonyl (C=O) groups excluding carboxylic acids is 1. The van der Waals surface area contributed by atoms with Gasteiger partial charge in [-0.15, -0.1) is 0 Å². The zero-order valence-electron chi connectivity index (χ0n) is 14.4. The van der Waals surface area contributed by atoms with E-state index in [1.807, 2.05) is 25.1 Å². The lowest BCUT2D eigenvalue weighted by molar-refractivity contribution is 0.0488. The molecule has 0 fully saturated rings. The number of carbonyl (C=O) groups is 1. The molecule has 2 unspecified atom stereocenters. The van der Waals surface area contributed by atoms with Gasteiger partial charge in [-0.1, -0.05) is 6.07 Å². The molecular formula is C17H26N2O5. The Morgan fingerprint density at radius 3 is 2.79 bits per heavy atom. The standard InChI is InChI=1S/C17H26N2O5/c1-12(18-17(21)19(2)10-14(20)11-22-3)13-5-6-15-16(9-13)24-8-4-7-23-15/h5-6,9,12,14,20H,4,7-8,10-11H2,1-3H3,(H,18,21). The number of likely N-dealkylation sites (N-methyl/N-ethyl adjacent to an activating group) is 1. The van der Waals surface area contributed by atoms with Crippen LogP contribution in [-0.2, 0) is 4.74 Å². The molecule has 1 heterocycles. The summed E-state index contributed by atoms with van der Waals surface area (Å²) in [4.78, 5) is 13.7. The average molecular weight is 338 g/mol. The van der Waals surface area contributed by atoms with E-state index in [1.165, 1.54) is 12.0 Å². The van der Waals surface area contributed by atoms with Gasteiger partial charge in [-0.3, -0.25) is 0 Å². The molecule has 7 nitrogen and oxygen atoms in total. The second-order valence-electron chi connectivity index (χ2n) is 5.92. The quantitative estimate of drug-likeness (QED) is 0.823. The smallest absolute Gasteiger partial charge is 0.317 e. The van der Waals surface area contributed by atoms with Gasteiger partial charge in [0.2, 0.25) is 0 Å². The molecule has 2 amide bonds. The lowest BCUT2D eigenvalue weighted by Gasteiger charge is -2.24. The SMILES string of the molecule is COCC(O)CN(C)C(=O)NC(C)c1ccc2c(c1)OCCCO2. The number of benzene rings is 1. The van der Waals surface area contributed by atoms with Crippen LogP contribution in [0.2, 0.25) is 0 Å². The number of ether oxygens (including phenoxy) is 3. The Morgan fingerprint density at radius 2 is 2.08 bits per heavy atom. The highest BCUT2D eigenvalue weighted by Gasteiger charge is 2.18. The number of methoxy groups -OCH3 is 1. The summed E-state index contributed by atoms with van der Waals surface area (Å²) in [5.74, 6) is 1.43. The molecular weight excluding hydrogens is 312 g/mol. The lowest BCUT2D eigenvalue weighted by atomic mass is 10.1. The van der Waals surface area contributed by atoms with Crippen molar-refractivity contribution >= 4 is 6.03 Å². The summed E-state index contributed by atoms with van der Waals surface area (Å²) in [6.45, 7) is 3.56. The van der Waals surface area contributed by atoms with Crippen LogP contribution in [0.4, 0.5) is 4.79 Å². The molecule has 0 saturated heterocycles. The molecule has 1 aromatic carbocycles. The number of amides is 2. The maximum atomic E-state index is 12.2. The molecule has 0 saturated carbocycles. The van der Waals surface area contributed by atoms with E-state index in [4.69, 9.17) is 14.2 Å². The van der Waals surface area contributed by atoms with Gasteiger partial charge in [0.25, 0.3) is 0 Å². The monoisotopic (exact) mass is 338 g/mol. The summed E-state index contributed by atoms with van der Waals surface area (Å²) in [6, 6.07) is 5.22. The van der Waals surface area contributed by atoms with Gasteiger partial charge in [0.1, 0.15) is 0 Å². The van der Waals surface area contributed by atoms with E-state index in [1.54, 1.807) is 7.05 Å². The van der Waals surface area contributed by atoms with Gasteiger partial charge < -0.3 is 29.5 Å². The fourth-order valence-electron chi connectivity index (χ4n) is 2.47. The molecule has 0 spiro atoms. The molecule has 1 aliphatic rings. The molecule has 0 bridgehead atoms. The Morgan fingerprint density at radius 1 is 1.38 bits per heavy atom. The summed E-state index contributed by atoms with van der Waals surface area (Å²) in [6.07, 6.45) is 0.143. The number of urea groups is 1. The molecule has 0 radical (unpaired) electrons. The van der Waals surface area contributed by atoms with Crippen molar-refractivity contribution in [1.82, 2.24) is 10.2 Å². The molecule has 134 valence electrons. The number of hydrogen-bond acceptors (Lipinski definition) is 5. The first-order valence-corrected chi connectivity index (χ1v) is 8.09. The van der Waals surface area contributed by atoms with Gasteiger partial charge in [0.05, 0.1) is 38.5 Å². The van der Waals surface area contributed by atoms with E-state index in [-0.39, 0.29) is 25.2 Å². The maximum Gasteiger partial charge on any atom is 0.317 e. The highest BCUT2D eigenvalue weighted by Crippen LogP contribution is 2.32. The van der Waals surface area contributed by atoms with Crippen LogP contribution in [0.1, 0.15) is 24.9 Å². The van der Waals surface area contributed by atoms with Crippen LogP contribution >= 0.6 is 0 Å². The minimum absolute atomic E-state index is 0.190. The predicted octanol–water partition coefficient (Wildman–Crippen LogP) is 1.56. The summed E-state index contributed by atoms with van der Waals surface area (Å²) in [5, 5.41) is 12.6. The van der Waals surface area contributed by atoms with E-state index < -0.39 is 6.10 Å². The highest BCUT2D eigenvalue weighted by atomic mass is 16.5. The molecule has 7 heteroatoms. The van der Waals surface area contributed by atoms with Crippen molar-refractivity contribution in [3.8, 4) is 11.5 Å². The van der Waals surface area contributed by atoms with Gasteiger partial charge >= 0.3 is 6.03 Å². The van der Waals surface area contributed by atoms with E-state index in [0.717, 1.165) is 17.7 Å². The first kappa shape index (κ1) is 18.4. The van der Waals surface area contributed by atoms with Gasteiger partial charge in [-0.2, -0.15) is 0 Å². The van der Waals surface area contributed by atoms with Crippen molar-refractivity contribution < 1.29 is 24.1 Å². The molecule has 2 rings (SSSR count). The number of fused-ring (bicyclic) bond motifs is 1. The van der Waals surface area contributed by atoms with Crippen molar-refractivity contribution in [2.24, 2.45) is 0 Å². The van der Waals surface area contributed by atoms with Crippen molar-refractivity contribution in [3.05, 3.63) is 23.8 Å². The van der Waals surface area contributed by atoms with Gasteiger partial charge in [0, 0.05) is 20.6 Å². The zero-order valence-corrected chi connectivity index (χ0v) is 14.4. The molecule has 1 aliphatic heterocycles. The number of rotatable bonds is 6. The van der Waals surface area contributed by atoms with Gasteiger partial charge in [0.15, 0.2) is 11.5 Å². The van der Waals surface area contributed by atoms with Crippen LogP contribution < -0.4 is 14.8 Å². The third kappa shape index (κ3) is 5.01. The summed E-state index contributed by atoms with van der Waals surface area (Å²) >= 11 is 0. The number of nitrogens with zero attached hydrogens (tertiary/aromatic N) is 1. The summed E-state index contributed by atoms with van der Waals surface area (Å²) < 4.78 is 16.1. The molecule has 0 aromatic heterocycles. The topological polar surface area (TPSA) is 80.3 Å². The highest BCUT2D eigenvalue weighted by molar-refractivity contribution is 5.74. The second kappa shape index (κ2) is 8.75. The Labute approximate surface area is 142 Å². The minimum atomic E-state index is -0.709. The van der Waals surface area contributed by atoms with Crippen LogP contribution in [0.25, 0.3) is 0 Å². The second-order valence-corrected chi connectivity index (χ2v) is 5.92. The van der Waals surface area contributed by atoms with Crippen LogP contribution in [0, 0.1) is 0 Å². The van der Waals surface area contributed by atoms with Crippen molar-refractivity contribution in [2.45, 2.75) is 25.5 Å². The number of aliphatic hydroxyl groups excluding tert-OH is 1. The molecule has 0 aliphatic carbocycles. The van der Waals surface area contributed by atoms with Crippen LogP contribution in [0.15, 0.2) is 18.2 Å². The van der Waals surface area contributed by atoms with Crippen molar-refractivity contribution in [2.75, 3.05) is 40.5 Å². The van der Waals surface area contributed by atoms with Crippen molar-refractivity contribution in [3.63, 3.8) is 0 Å². The first-order chi connectivity index (χ1) is 11.5. The third-order valence-electron chi connectivity index (χ3n) is 3.80.